The van der Waals surface area contributed by atoms with Crippen LogP contribution in [0.25, 0.3) is 0 Å². The van der Waals surface area contributed by atoms with Gasteiger partial charge in [0.05, 0.1) is 37.0 Å². The van der Waals surface area contributed by atoms with Crippen LogP contribution >= 0.6 is 0 Å². The van der Waals surface area contributed by atoms with Crippen LogP contribution in [-0.2, 0) is 11.3 Å². The summed E-state index contributed by atoms with van der Waals surface area (Å²) in [5.74, 6) is 0.0953. The molecule has 0 spiro atoms. The zero-order valence-corrected chi connectivity index (χ0v) is 16.3. The molecular weight excluding hydrogens is 380 g/mol. The fourth-order valence-corrected chi connectivity index (χ4v) is 3.41. The number of aliphatic hydroxyl groups excluding tert-OH is 1. The number of aliphatic hydroxyl groups is 1. The van der Waals surface area contributed by atoms with Crippen molar-refractivity contribution in [2.24, 2.45) is 0 Å². The number of hydrogen-bond acceptors (Lipinski definition) is 5. The Morgan fingerprint density at radius 2 is 1.83 bits per heavy atom. The molecule has 30 heavy (non-hydrogen) atoms. The zero-order valence-electron chi connectivity index (χ0n) is 16.3. The molecular formula is C23H22N4O3. The molecule has 7 heteroatoms. The second-order valence-corrected chi connectivity index (χ2v) is 7.03. The first kappa shape index (κ1) is 19.6. The molecule has 152 valence electrons. The summed E-state index contributed by atoms with van der Waals surface area (Å²) in [4.78, 5) is 31.4. The van der Waals surface area contributed by atoms with Crippen LogP contribution in [0.1, 0.15) is 27.5 Å². The van der Waals surface area contributed by atoms with Gasteiger partial charge in [-0.1, -0.05) is 60.7 Å². The lowest BCUT2D eigenvalue weighted by Crippen LogP contribution is -2.40. The van der Waals surface area contributed by atoms with Crippen molar-refractivity contribution in [3.05, 3.63) is 89.6 Å². The monoisotopic (exact) mass is 402 g/mol. The third-order valence-corrected chi connectivity index (χ3v) is 5.00. The molecule has 0 aliphatic carbocycles. The van der Waals surface area contributed by atoms with Gasteiger partial charge in [-0.25, -0.2) is 4.98 Å². The van der Waals surface area contributed by atoms with Crippen molar-refractivity contribution in [3.8, 4) is 0 Å². The second-order valence-electron chi connectivity index (χ2n) is 7.03. The van der Waals surface area contributed by atoms with E-state index in [0.29, 0.717) is 23.6 Å². The summed E-state index contributed by atoms with van der Waals surface area (Å²) in [5.41, 5.74) is 2.67. The van der Waals surface area contributed by atoms with E-state index in [9.17, 15) is 14.7 Å². The fourth-order valence-electron chi connectivity index (χ4n) is 3.41. The van der Waals surface area contributed by atoms with Gasteiger partial charge < -0.3 is 20.6 Å². The SMILES string of the molecule is O=C(N[C@H](CO)c1ccccc1)c1cnc2c(c1)N(Cc1ccccc1)C(=O)CN2. The highest BCUT2D eigenvalue weighted by Gasteiger charge is 2.26. The molecule has 0 unspecified atom stereocenters. The molecule has 3 N–H and O–H groups in total. The van der Waals surface area contributed by atoms with Crippen molar-refractivity contribution in [1.29, 1.82) is 0 Å². The largest absolute Gasteiger partial charge is 0.394 e. The van der Waals surface area contributed by atoms with Crippen molar-refractivity contribution < 1.29 is 14.7 Å². The van der Waals surface area contributed by atoms with Gasteiger partial charge in [0.15, 0.2) is 5.82 Å². The van der Waals surface area contributed by atoms with Crippen LogP contribution in [0.3, 0.4) is 0 Å². The van der Waals surface area contributed by atoms with Gasteiger partial charge in [-0.15, -0.1) is 0 Å². The number of carbonyl (C=O) groups is 2. The maximum absolute atomic E-state index is 12.8. The standard InChI is InChI=1S/C23H22N4O3/c28-15-19(17-9-5-2-6-10-17)26-23(30)18-11-20-22(24-12-18)25-13-21(29)27(20)14-16-7-3-1-4-8-16/h1-12,19,28H,13-15H2,(H,24,25)(H,26,30)/t19-/m1/s1. The predicted molar refractivity (Wildman–Crippen MR) is 114 cm³/mol. The summed E-state index contributed by atoms with van der Waals surface area (Å²) < 4.78 is 0. The van der Waals surface area contributed by atoms with E-state index in [1.807, 2.05) is 60.7 Å². The molecule has 1 atom stereocenters. The third kappa shape index (κ3) is 4.16. The van der Waals surface area contributed by atoms with Gasteiger partial charge >= 0.3 is 0 Å². The molecule has 2 amide bonds. The molecule has 7 nitrogen and oxygen atoms in total. The van der Waals surface area contributed by atoms with Gasteiger partial charge in [0.1, 0.15) is 0 Å². The molecule has 0 bridgehead atoms. The number of nitrogens with zero attached hydrogens (tertiary/aromatic N) is 2. The van der Waals surface area contributed by atoms with Crippen molar-refractivity contribution in [2.75, 3.05) is 23.4 Å². The highest BCUT2D eigenvalue weighted by molar-refractivity contribution is 6.04. The first-order chi connectivity index (χ1) is 14.7. The number of anilines is 2. The molecule has 0 fully saturated rings. The van der Waals surface area contributed by atoms with Crippen LogP contribution in [0.15, 0.2) is 72.9 Å². The number of pyridine rings is 1. The van der Waals surface area contributed by atoms with Crippen LogP contribution in [0.4, 0.5) is 11.5 Å². The van der Waals surface area contributed by atoms with E-state index in [-0.39, 0.29) is 25.0 Å². The highest BCUT2D eigenvalue weighted by atomic mass is 16.3. The van der Waals surface area contributed by atoms with E-state index >= 15 is 0 Å². The Bertz CT molecular complexity index is 1040. The summed E-state index contributed by atoms with van der Waals surface area (Å²) >= 11 is 0. The van der Waals surface area contributed by atoms with Crippen LogP contribution in [-0.4, -0.2) is 35.1 Å². The summed E-state index contributed by atoms with van der Waals surface area (Å²) in [7, 11) is 0. The normalized spacial score (nSPS) is 13.9. The van der Waals surface area contributed by atoms with Crippen molar-refractivity contribution in [1.82, 2.24) is 10.3 Å². The Morgan fingerprint density at radius 1 is 1.13 bits per heavy atom. The van der Waals surface area contributed by atoms with E-state index in [2.05, 4.69) is 15.6 Å². The van der Waals surface area contributed by atoms with Gasteiger partial charge in [-0.3, -0.25) is 9.59 Å². The number of fused-ring (bicyclic) bond motifs is 1. The average Bonchev–Trinajstić information content (AvgIpc) is 2.80. The maximum Gasteiger partial charge on any atom is 0.253 e. The molecule has 2 aromatic carbocycles. The average molecular weight is 402 g/mol. The fraction of sp³-hybridized carbons (Fsp3) is 0.174. The molecule has 1 aliphatic rings. The Hall–Kier alpha value is -3.71. The predicted octanol–water partition coefficient (Wildman–Crippen LogP) is 2.50. The second kappa shape index (κ2) is 8.75. The Balaban J connectivity index is 1.59. The molecule has 3 aromatic rings. The molecule has 0 saturated carbocycles. The van der Waals surface area contributed by atoms with Gasteiger partial charge in [-0.2, -0.15) is 0 Å². The zero-order chi connectivity index (χ0) is 20.9. The topological polar surface area (TPSA) is 94.6 Å². The van der Waals surface area contributed by atoms with Gasteiger partial charge in [0.25, 0.3) is 5.91 Å². The number of aromatic nitrogens is 1. The maximum atomic E-state index is 12.8. The van der Waals surface area contributed by atoms with Crippen molar-refractivity contribution >= 4 is 23.3 Å². The molecule has 1 aliphatic heterocycles. The molecule has 1 aromatic heterocycles. The minimum Gasteiger partial charge on any atom is -0.394 e. The van der Waals surface area contributed by atoms with Crippen molar-refractivity contribution in [3.63, 3.8) is 0 Å². The number of nitrogens with one attached hydrogen (secondary N) is 2. The van der Waals surface area contributed by atoms with Crippen molar-refractivity contribution in [2.45, 2.75) is 12.6 Å². The molecule has 0 radical (unpaired) electrons. The highest BCUT2D eigenvalue weighted by Crippen LogP contribution is 2.30. The lowest BCUT2D eigenvalue weighted by atomic mass is 10.1. The summed E-state index contributed by atoms with van der Waals surface area (Å²) in [6.07, 6.45) is 1.47. The van der Waals surface area contributed by atoms with E-state index in [1.54, 1.807) is 11.0 Å². The Morgan fingerprint density at radius 3 is 2.53 bits per heavy atom. The number of amides is 2. The quantitative estimate of drug-likeness (QED) is 0.589. The third-order valence-electron chi connectivity index (χ3n) is 5.00. The molecule has 4 rings (SSSR count). The van der Waals surface area contributed by atoms with Gasteiger partial charge in [-0.05, 0) is 17.2 Å². The van der Waals surface area contributed by atoms with Crippen LogP contribution in [0.2, 0.25) is 0 Å². The van der Waals surface area contributed by atoms with E-state index < -0.39 is 6.04 Å². The first-order valence-electron chi connectivity index (χ1n) is 9.70. The smallest absolute Gasteiger partial charge is 0.253 e. The van der Waals surface area contributed by atoms with Crippen LogP contribution in [0.5, 0.6) is 0 Å². The lowest BCUT2D eigenvalue weighted by Gasteiger charge is -2.30. The summed E-state index contributed by atoms with van der Waals surface area (Å²) in [5, 5.41) is 15.5. The Labute approximate surface area is 174 Å². The van der Waals surface area contributed by atoms with E-state index in [1.165, 1.54) is 6.20 Å². The van der Waals surface area contributed by atoms with Crippen LogP contribution < -0.4 is 15.5 Å². The first-order valence-corrected chi connectivity index (χ1v) is 9.70. The number of carbonyl (C=O) groups excluding carboxylic acids is 2. The van der Waals surface area contributed by atoms with Gasteiger partial charge in [0, 0.05) is 6.20 Å². The number of benzene rings is 2. The number of hydrogen-bond donors (Lipinski definition) is 3. The molecule has 0 saturated heterocycles. The Kier molecular flexibility index (Phi) is 5.72. The summed E-state index contributed by atoms with van der Waals surface area (Å²) in [6.45, 7) is 0.317. The van der Waals surface area contributed by atoms with E-state index in [0.717, 1.165) is 11.1 Å². The minimum atomic E-state index is -0.532. The lowest BCUT2D eigenvalue weighted by molar-refractivity contribution is -0.117. The number of rotatable bonds is 6. The van der Waals surface area contributed by atoms with Gasteiger partial charge in [0.2, 0.25) is 5.91 Å². The summed E-state index contributed by atoms with van der Waals surface area (Å²) in [6, 6.07) is 20.0. The van der Waals surface area contributed by atoms with E-state index in [4.69, 9.17) is 0 Å². The minimum absolute atomic E-state index is 0.0942. The van der Waals surface area contributed by atoms with Crippen LogP contribution in [0, 0.1) is 0 Å². The molecule has 2 heterocycles.